The Hall–Kier alpha value is -4.26. The molecule has 2 aliphatic carbocycles. The molecule has 2 fully saturated rings. The molecule has 0 amide bonds. The minimum absolute atomic E-state index is 0.000879. The van der Waals surface area contributed by atoms with Crippen LogP contribution in [0.3, 0.4) is 0 Å². The minimum Gasteiger partial charge on any atom is -0.485 e. The van der Waals surface area contributed by atoms with Crippen molar-refractivity contribution in [2.45, 2.75) is 45.8 Å². The number of nitrogens with zero attached hydrogens (tertiary/aromatic N) is 3. The van der Waals surface area contributed by atoms with Crippen LogP contribution in [-0.2, 0) is 16.1 Å². The van der Waals surface area contributed by atoms with E-state index >= 15 is 8.78 Å². The molecule has 2 aromatic carbocycles. The van der Waals surface area contributed by atoms with Gasteiger partial charge in [-0.05, 0) is 62.6 Å². The van der Waals surface area contributed by atoms with Crippen LogP contribution in [0.2, 0.25) is 0 Å². The van der Waals surface area contributed by atoms with Crippen LogP contribution in [0, 0.1) is 46.7 Å². The van der Waals surface area contributed by atoms with E-state index in [1.54, 1.807) is 13.8 Å². The summed E-state index contributed by atoms with van der Waals surface area (Å²) in [7, 11) is 0. The summed E-state index contributed by atoms with van der Waals surface area (Å²) in [6.07, 6.45) is 2.35. The molecule has 0 spiro atoms. The van der Waals surface area contributed by atoms with Crippen molar-refractivity contribution < 1.29 is 32.2 Å². The molecular formula is C31H30F3N3O4. The van der Waals surface area contributed by atoms with E-state index in [0.29, 0.717) is 0 Å². The molecule has 41 heavy (non-hydrogen) atoms. The van der Waals surface area contributed by atoms with Gasteiger partial charge in [0.25, 0.3) is 11.8 Å². The number of hydrogen-bond donors (Lipinski definition) is 0. The number of benzene rings is 2. The first-order valence-electron chi connectivity index (χ1n) is 13.7. The van der Waals surface area contributed by atoms with Gasteiger partial charge in [0.2, 0.25) is 11.6 Å². The van der Waals surface area contributed by atoms with Crippen LogP contribution in [-0.4, -0.2) is 30.1 Å². The predicted molar refractivity (Wildman–Crippen MR) is 144 cm³/mol. The van der Waals surface area contributed by atoms with E-state index in [1.807, 2.05) is 36.4 Å². The topological polar surface area (TPSA) is 84.7 Å². The monoisotopic (exact) mass is 565 g/mol. The van der Waals surface area contributed by atoms with Gasteiger partial charge < -0.3 is 19.1 Å². The Morgan fingerprint density at radius 2 is 1.80 bits per heavy atom. The maximum atomic E-state index is 16.1. The van der Waals surface area contributed by atoms with Crippen molar-refractivity contribution in [1.29, 1.82) is 5.26 Å². The lowest BCUT2D eigenvalue weighted by Crippen LogP contribution is -2.48. The number of pyridine rings is 1. The van der Waals surface area contributed by atoms with Crippen LogP contribution >= 0.6 is 0 Å². The van der Waals surface area contributed by atoms with Crippen molar-refractivity contribution in [3.63, 3.8) is 0 Å². The van der Waals surface area contributed by atoms with Crippen molar-refractivity contribution >= 4 is 11.7 Å². The van der Waals surface area contributed by atoms with E-state index in [1.165, 1.54) is 23.1 Å². The highest BCUT2D eigenvalue weighted by atomic mass is 19.2. The van der Waals surface area contributed by atoms with Crippen molar-refractivity contribution in [1.82, 2.24) is 4.98 Å². The molecule has 1 aromatic heterocycles. The highest BCUT2D eigenvalue weighted by molar-refractivity contribution is 5.76. The first kappa shape index (κ1) is 28.3. The lowest BCUT2D eigenvalue weighted by molar-refractivity contribution is -0.150. The van der Waals surface area contributed by atoms with E-state index in [9.17, 15) is 14.4 Å². The molecule has 0 aliphatic heterocycles. The Balaban J connectivity index is 1.51. The number of anilines is 1. The quantitative estimate of drug-likeness (QED) is 0.204. The van der Waals surface area contributed by atoms with Gasteiger partial charge in [0.15, 0.2) is 11.5 Å². The number of carbonyl (C=O) groups excluding carboxylic acids is 1. The summed E-state index contributed by atoms with van der Waals surface area (Å²) in [5, 5.41) is 9.40. The molecule has 214 valence electrons. The Kier molecular flexibility index (Phi) is 8.34. The number of ether oxygens (including phenoxy) is 3. The Morgan fingerprint density at radius 3 is 2.51 bits per heavy atom. The van der Waals surface area contributed by atoms with Gasteiger partial charge in [-0.2, -0.15) is 23.4 Å². The zero-order chi connectivity index (χ0) is 29.1. The third-order valence-corrected chi connectivity index (χ3v) is 7.92. The summed E-state index contributed by atoms with van der Waals surface area (Å²) >= 11 is 0. The number of halogens is 3. The third kappa shape index (κ3) is 5.53. The summed E-state index contributed by atoms with van der Waals surface area (Å²) in [6, 6.07) is 15.0. The van der Waals surface area contributed by atoms with E-state index in [4.69, 9.17) is 14.2 Å². The Labute approximate surface area is 236 Å². The minimum atomic E-state index is -1.55. The molecule has 2 saturated carbocycles. The molecule has 10 heteroatoms. The zero-order valence-electron chi connectivity index (χ0n) is 22.8. The predicted octanol–water partition coefficient (Wildman–Crippen LogP) is 6.55. The molecular weight excluding hydrogens is 535 g/mol. The van der Waals surface area contributed by atoms with Crippen LogP contribution in [0.4, 0.5) is 18.9 Å². The van der Waals surface area contributed by atoms with Crippen molar-refractivity contribution in [2.24, 2.45) is 17.8 Å². The number of rotatable bonds is 10. The van der Waals surface area contributed by atoms with Crippen molar-refractivity contribution in [3.05, 3.63) is 77.2 Å². The highest BCUT2D eigenvalue weighted by Crippen LogP contribution is 2.52. The molecule has 0 radical (unpaired) electrons. The average molecular weight is 566 g/mol. The third-order valence-electron chi connectivity index (χ3n) is 7.92. The van der Waals surface area contributed by atoms with Gasteiger partial charge in [0.05, 0.1) is 24.2 Å². The highest BCUT2D eigenvalue weighted by Gasteiger charge is 2.54. The molecule has 4 atom stereocenters. The lowest BCUT2D eigenvalue weighted by atomic mass is 9.83. The number of esters is 1. The van der Waals surface area contributed by atoms with E-state index in [2.05, 4.69) is 4.98 Å². The van der Waals surface area contributed by atoms with Gasteiger partial charge in [-0.1, -0.05) is 30.3 Å². The van der Waals surface area contributed by atoms with E-state index < -0.39 is 47.1 Å². The maximum Gasteiger partial charge on any atom is 0.311 e. The molecule has 2 aliphatic rings. The molecule has 3 aromatic rings. The van der Waals surface area contributed by atoms with E-state index in [-0.39, 0.29) is 48.7 Å². The SMILES string of the molecule is CCOC(=O)C1C2CCC(C2)C1N(CC)c1c(F)c(F)nc(Oc2cc(C#N)ccc2OCc2ccccc2)c1F. The van der Waals surface area contributed by atoms with Gasteiger partial charge in [-0.25, -0.2) is 0 Å². The second-order valence-corrected chi connectivity index (χ2v) is 10.2. The van der Waals surface area contributed by atoms with Gasteiger partial charge in [-0.15, -0.1) is 0 Å². The largest absolute Gasteiger partial charge is 0.485 e. The second-order valence-electron chi connectivity index (χ2n) is 10.2. The smallest absolute Gasteiger partial charge is 0.311 e. The maximum absolute atomic E-state index is 16.1. The second kappa shape index (κ2) is 12.1. The molecule has 4 unspecified atom stereocenters. The van der Waals surface area contributed by atoms with Gasteiger partial charge in [0, 0.05) is 18.7 Å². The fourth-order valence-electron chi connectivity index (χ4n) is 6.22. The molecule has 2 bridgehead atoms. The Bertz CT molecular complexity index is 1460. The van der Waals surface area contributed by atoms with Gasteiger partial charge in [0.1, 0.15) is 12.3 Å². The number of fused-ring (bicyclic) bond motifs is 2. The van der Waals surface area contributed by atoms with Crippen LogP contribution in [0.5, 0.6) is 17.4 Å². The molecule has 0 N–H and O–H groups in total. The van der Waals surface area contributed by atoms with Crippen LogP contribution in [0.1, 0.15) is 44.2 Å². The fraction of sp³-hybridized carbons (Fsp3) is 0.387. The molecule has 7 nitrogen and oxygen atoms in total. The lowest BCUT2D eigenvalue weighted by Gasteiger charge is -2.39. The van der Waals surface area contributed by atoms with Crippen molar-refractivity contribution in [3.8, 4) is 23.4 Å². The first-order chi connectivity index (χ1) is 19.9. The zero-order valence-corrected chi connectivity index (χ0v) is 22.8. The molecule has 0 saturated heterocycles. The summed E-state index contributed by atoms with van der Waals surface area (Å²) < 4.78 is 63.3. The summed E-state index contributed by atoms with van der Waals surface area (Å²) in [4.78, 5) is 17.7. The molecule has 5 rings (SSSR count). The van der Waals surface area contributed by atoms with Gasteiger partial charge in [-0.3, -0.25) is 4.79 Å². The summed E-state index contributed by atoms with van der Waals surface area (Å²) in [5.74, 6) is -5.94. The molecule has 1 heterocycles. The van der Waals surface area contributed by atoms with Crippen molar-refractivity contribution in [2.75, 3.05) is 18.1 Å². The standard InChI is InChI=1S/C31H30F3N3O4/c1-3-37(27-21-12-11-20(15-21)24(27)31(38)39-4-2)28-25(32)29(34)36-30(26(28)33)41-23-14-19(16-35)10-13-22(23)40-17-18-8-6-5-7-9-18/h5-10,13-14,20-21,24,27H,3-4,11-12,15,17H2,1-2H3. The average Bonchev–Trinajstić information content (AvgIpc) is 3.60. The van der Waals surface area contributed by atoms with E-state index in [0.717, 1.165) is 24.8 Å². The number of hydrogen-bond acceptors (Lipinski definition) is 7. The van der Waals surface area contributed by atoms with Crippen LogP contribution in [0.25, 0.3) is 0 Å². The number of carbonyl (C=O) groups is 1. The van der Waals surface area contributed by atoms with Gasteiger partial charge >= 0.3 is 5.97 Å². The number of nitriles is 1. The first-order valence-corrected chi connectivity index (χ1v) is 13.7. The van der Waals surface area contributed by atoms with Crippen LogP contribution in [0.15, 0.2) is 48.5 Å². The fourth-order valence-corrected chi connectivity index (χ4v) is 6.22. The number of aromatic nitrogens is 1. The summed E-state index contributed by atoms with van der Waals surface area (Å²) in [6.45, 7) is 3.84. The summed E-state index contributed by atoms with van der Waals surface area (Å²) in [5.41, 5.74) is 0.387. The normalized spacial score (nSPS) is 20.9. The van der Waals surface area contributed by atoms with Crippen LogP contribution < -0.4 is 14.4 Å². The Morgan fingerprint density at radius 1 is 1.05 bits per heavy atom.